The third-order valence-corrected chi connectivity index (χ3v) is 6.96. The molecule has 2 aromatic rings. The summed E-state index contributed by atoms with van der Waals surface area (Å²) in [4.78, 5) is 27.9. The molecular weight excluding hydrogens is 450 g/mol. The molecule has 0 aliphatic rings. The Kier molecular flexibility index (Phi) is 9.27. The van der Waals surface area contributed by atoms with Crippen LogP contribution in [0.4, 0.5) is 5.69 Å². The van der Waals surface area contributed by atoms with E-state index in [0.717, 1.165) is 39.2 Å². The minimum atomic E-state index is -3.74. The molecule has 0 unspecified atom stereocenters. The van der Waals surface area contributed by atoms with E-state index in [0.29, 0.717) is 5.69 Å². The molecule has 2 rings (SSSR count). The summed E-state index contributed by atoms with van der Waals surface area (Å²) < 4.78 is 26.5. The number of aryl methyl sites for hydroxylation is 3. The van der Waals surface area contributed by atoms with Crippen LogP contribution >= 0.6 is 0 Å². The Hall–Kier alpha value is -2.87. The molecule has 34 heavy (non-hydrogen) atoms. The van der Waals surface area contributed by atoms with Crippen molar-refractivity contribution < 1.29 is 18.0 Å². The van der Waals surface area contributed by atoms with Crippen LogP contribution in [0.2, 0.25) is 0 Å². The fourth-order valence-electron chi connectivity index (χ4n) is 3.65. The van der Waals surface area contributed by atoms with Gasteiger partial charge in [0.2, 0.25) is 21.8 Å². The predicted octanol–water partition coefficient (Wildman–Crippen LogP) is 3.71. The number of benzene rings is 2. The van der Waals surface area contributed by atoms with Gasteiger partial charge in [-0.3, -0.25) is 13.9 Å². The van der Waals surface area contributed by atoms with Crippen molar-refractivity contribution in [2.45, 2.75) is 66.6 Å². The predicted molar refractivity (Wildman–Crippen MR) is 137 cm³/mol. The quantitative estimate of drug-likeness (QED) is 0.554. The van der Waals surface area contributed by atoms with Crippen molar-refractivity contribution in [2.24, 2.45) is 0 Å². The summed E-state index contributed by atoms with van der Waals surface area (Å²) in [6.07, 6.45) is 1.85. The van der Waals surface area contributed by atoms with Crippen LogP contribution in [0.3, 0.4) is 0 Å². The first kappa shape index (κ1) is 27.4. The van der Waals surface area contributed by atoms with Crippen LogP contribution in [0.5, 0.6) is 0 Å². The average Bonchev–Trinajstić information content (AvgIpc) is 2.74. The maximum atomic E-state index is 13.6. The molecule has 0 saturated heterocycles. The number of rotatable bonds is 10. The summed E-state index contributed by atoms with van der Waals surface area (Å²) in [7, 11) is -3.74. The number of hydrogen-bond donors (Lipinski definition) is 1. The van der Waals surface area contributed by atoms with E-state index < -0.39 is 28.5 Å². The van der Waals surface area contributed by atoms with Gasteiger partial charge in [-0.15, -0.1) is 0 Å². The van der Waals surface area contributed by atoms with Gasteiger partial charge in [0.1, 0.15) is 12.6 Å². The number of hydrogen-bond acceptors (Lipinski definition) is 4. The van der Waals surface area contributed by atoms with E-state index >= 15 is 0 Å². The van der Waals surface area contributed by atoms with E-state index in [1.54, 1.807) is 19.1 Å². The van der Waals surface area contributed by atoms with Crippen molar-refractivity contribution in [3.05, 3.63) is 64.7 Å². The molecule has 2 amide bonds. The van der Waals surface area contributed by atoms with Crippen LogP contribution in [-0.4, -0.2) is 50.0 Å². The molecule has 0 aliphatic heterocycles. The fourth-order valence-corrected chi connectivity index (χ4v) is 4.48. The van der Waals surface area contributed by atoms with Crippen molar-refractivity contribution >= 4 is 27.5 Å². The van der Waals surface area contributed by atoms with Crippen molar-refractivity contribution in [2.75, 3.05) is 17.1 Å². The van der Waals surface area contributed by atoms with E-state index in [9.17, 15) is 18.0 Å². The fraction of sp³-hybridized carbons (Fsp3) is 0.462. The van der Waals surface area contributed by atoms with Crippen molar-refractivity contribution in [3.8, 4) is 0 Å². The topological polar surface area (TPSA) is 86.8 Å². The third kappa shape index (κ3) is 7.58. The van der Waals surface area contributed by atoms with E-state index in [1.165, 1.54) is 4.90 Å². The van der Waals surface area contributed by atoms with Crippen LogP contribution in [-0.2, 0) is 26.2 Å². The minimum Gasteiger partial charge on any atom is -0.352 e. The van der Waals surface area contributed by atoms with Gasteiger partial charge in [0, 0.05) is 12.6 Å². The minimum absolute atomic E-state index is 0.0333. The van der Waals surface area contributed by atoms with Crippen LogP contribution in [0.25, 0.3) is 0 Å². The molecule has 0 aliphatic carbocycles. The van der Waals surface area contributed by atoms with E-state index in [4.69, 9.17) is 0 Å². The number of carbonyl (C=O) groups is 2. The summed E-state index contributed by atoms with van der Waals surface area (Å²) in [6.45, 7) is 11.1. The van der Waals surface area contributed by atoms with Gasteiger partial charge in [-0.25, -0.2) is 8.42 Å². The van der Waals surface area contributed by atoms with Gasteiger partial charge in [-0.1, -0.05) is 42.8 Å². The Labute approximate surface area is 204 Å². The number of nitrogens with zero attached hydrogens (tertiary/aromatic N) is 2. The Balaban J connectivity index is 2.41. The first-order chi connectivity index (χ1) is 15.8. The molecule has 0 fully saturated rings. The zero-order valence-corrected chi connectivity index (χ0v) is 22.1. The second-order valence-corrected chi connectivity index (χ2v) is 11.0. The molecular formula is C26H37N3O4S. The largest absolute Gasteiger partial charge is 0.352 e. The average molecular weight is 488 g/mol. The van der Waals surface area contributed by atoms with E-state index in [-0.39, 0.29) is 18.5 Å². The number of anilines is 1. The highest BCUT2D eigenvalue weighted by atomic mass is 32.2. The number of sulfonamides is 1. The van der Waals surface area contributed by atoms with Gasteiger partial charge < -0.3 is 10.2 Å². The normalized spacial score (nSPS) is 13.1. The Morgan fingerprint density at radius 2 is 1.50 bits per heavy atom. The van der Waals surface area contributed by atoms with Crippen molar-refractivity contribution in [1.82, 2.24) is 10.2 Å². The Bertz CT molecular complexity index is 1090. The first-order valence-corrected chi connectivity index (χ1v) is 13.4. The lowest BCUT2D eigenvalue weighted by Gasteiger charge is -2.32. The molecule has 0 spiro atoms. The van der Waals surface area contributed by atoms with Crippen LogP contribution in [0.1, 0.15) is 49.4 Å². The van der Waals surface area contributed by atoms with Crippen molar-refractivity contribution in [3.63, 3.8) is 0 Å². The van der Waals surface area contributed by atoms with Crippen LogP contribution < -0.4 is 9.62 Å². The zero-order valence-electron chi connectivity index (χ0n) is 21.3. The maximum Gasteiger partial charge on any atom is 0.244 e. The highest BCUT2D eigenvalue weighted by Crippen LogP contribution is 2.22. The summed E-state index contributed by atoms with van der Waals surface area (Å²) >= 11 is 0. The van der Waals surface area contributed by atoms with Gasteiger partial charge in [-0.2, -0.15) is 0 Å². The van der Waals surface area contributed by atoms with E-state index in [1.807, 2.05) is 65.0 Å². The van der Waals surface area contributed by atoms with Gasteiger partial charge in [0.25, 0.3) is 0 Å². The number of nitrogens with one attached hydrogen (secondary N) is 1. The van der Waals surface area contributed by atoms with Crippen molar-refractivity contribution in [1.29, 1.82) is 0 Å². The molecule has 8 heteroatoms. The molecule has 0 heterocycles. The molecule has 1 N–H and O–H groups in total. The molecule has 186 valence electrons. The smallest absolute Gasteiger partial charge is 0.244 e. The molecule has 0 aromatic heterocycles. The lowest BCUT2D eigenvalue weighted by molar-refractivity contribution is -0.139. The molecule has 0 saturated carbocycles. The van der Waals surface area contributed by atoms with Gasteiger partial charge in [0.15, 0.2) is 0 Å². The van der Waals surface area contributed by atoms with Gasteiger partial charge >= 0.3 is 0 Å². The highest BCUT2D eigenvalue weighted by Gasteiger charge is 2.30. The number of carbonyl (C=O) groups excluding carboxylic acids is 2. The van der Waals surface area contributed by atoms with E-state index in [2.05, 4.69) is 5.32 Å². The Morgan fingerprint density at radius 3 is 2.00 bits per heavy atom. The molecule has 0 radical (unpaired) electrons. The zero-order chi connectivity index (χ0) is 25.6. The monoisotopic (exact) mass is 487 g/mol. The summed E-state index contributed by atoms with van der Waals surface area (Å²) in [5.74, 6) is -0.718. The molecule has 2 atom stereocenters. The molecule has 0 bridgehead atoms. The summed E-state index contributed by atoms with van der Waals surface area (Å²) in [5, 5.41) is 2.93. The third-order valence-electron chi connectivity index (χ3n) is 5.82. The molecule has 7 nitrogen and oxygen atoms in total. The van der Waals surface area contributed by atoms with Crippen LogP contribution in [0.15, 0.2) is 42.5 Å². The summed E-state index contributed by atoms with van der Waals surface area (Å²) in [6, 6.07) is 12.3. The van der Waals surface area contributed by atoms with Gasteiger partial charge in [-0.05, 0) is 69.9 Å². The number of amides is 2. The SMILES string of the molecule is CC[C@@H](C)NC(=O)[C@@H](C)N(Cc1ccc(C)cc1)C(=O)CN(c1cc(C)cc(C)c1)S(C)(=O)=O. The first-order valence-electron chi connectivity index (χ1n) is 11.5. The second-order valence-electron chi connectivity index (χ2n) is 9.12. The van der Waals surface area contributed by atoms with Gasteiger partial charge in [0.05, 0.1) is 11.9 Å². The second kappa shape index (κ2) is 11.5. The lowest BCUT2D eigenvalue weighted by Crippen LogP contribution is -2.52. The maximum absolute atomic E-state index is 13.6. The molecule has 2 aromatic carbocycles. The Morgan fingerprint density at radius 1 is 0.941 bits per heavy atom. The standard InChI is InChI=1S/C26H37N3O4S/c1-8-21(5)27-26(31)22(6)28(16-23-11-9-18(2)10-12-23)25(30)17-29(34(7,32)33)24-14-19(3)13-20(4)15-24/h9-15,21-22H,8,16-17H2,1-7H3,(H,27,31)/t21-,22-/m1/s1. The summed E-state index contributed by atoms with van der Waals surface area (Å²) in [5.41, 5.74) is 4.17. The lowest BCUT2D eigenvalue weighted by atomic mass is 10.1. The highest BCUT2D eigenvalue weighted by molar-refractivity contribution is 7.92. The van der Waals surface area contributed by atoms with Crippen LogP contribution in [0, 0.1) is 20.8 Å².